The van der Waals surface area contributed by atoms with Gasteiger partial charge in [-0.1, -0.05) is 27.2 Å². The van der Waals surface area contributed by atoms with Gasteiger partial charge in [0.1, 0.15) is 0 Å². The molecule has 3 atom stereocenters. The van der Waals surface area contributed by atoms with Gasteiger partial charge in [-0.15, -0.1) is 0 Å². The van der Waals surface area contributed by atoms with Gasteiger partial charge in [0.15, 0.2) is 0 Å². The standard InChI is InChI=1S/C17H33N3O/c1-6-7-15-17(21)20(16(18-15)12(2)3)11-14-8-9-19(10-14)13(4)5/h12-16,18H,6-11H2,1-5H3. The van der Waals surface area contributed by atoms with Crippen molar-refractivity contribution < 1.29 is 4.79 Å². The molecular formula is C17H33N3O. The first kappa shape index (κ1) is 16.8. The molecule has 4 nitrogen and oxygen atoms in total. The Morgan fingerprint density at radius 3 is 2.52 bits per heavy atom. The quantitative estimate of drug-likeness (QED) is 0.817. The maximum atomic E-state index is 12.7. The molecule has 0 spiro atoms. The summed E-state index contributed by atoms with van der Waals surface area (Å²) in [5.74, 6) is 1.44. The van der Waals surface area contributed by atoms with Gasteiger partial charge < -0.3 is 9.80 Å². The van der Waals surface area contributed by atoms with Gasteiger partial charge in [0.2, 0.25) is 5.91 Å². The Bertz CT molecular complexity index is 356. The Labute approximate surface area is 130 Å². The molecule has 1 N–H and O–H groups in total. The second-order valence-electron chi connectivity index (χ2n) is 7.43. The van der Waals surface area contributed by atoms with E-state index in [4.69, 9.17) is 0 Å². The van der Waals surface area contributed by atoms with Crippen LogP contribution in [0.2, 0.25) is 0 Å². The highest BCUT2D eigenvalue weighted by atomic mass is 16.2. The first-order valence-electron chi connectivity index (χ1n) is 8.74. The van der Waals surface area contributed by atoms with Crippen molar-refractivity contribution in [3.8, 4) is 0 Å². The minimum absolute atomic E-state index is 0.0463. The van der Waals surface area contributed by atoms with Crippen molar-refractivity contribution in [2.24, 2.45) is 11.8 Å². The van der Waals surface area contributed by atoms with E-state index in [1.165, 1.54) is 13.0 Å². The van der Waals surface area contributed by atoms with E-state index < -0.39 is 0 Å². The van der Waals surface area contributed by atoms with Crippen molar-refractivity contribution >= 4 is 5.91 Å². The van der Waals surface area contributed by atoms with E-state index in [2.05, 4.69) is 49.7 Å². The molecule has 2 saturated heterocycles. The molecule has 2 heterocycles. The predicted molar refractivity (Wildman–Crippen MR) is 87.0 cm³/mol. The first-order valence-corrected chi connectivity index (χ1v) is 8.74. The van der Waals surface area contributed by atoms with Crippen LogP contribution in [0.5, 0.6) is 0 Å². The molecule has 0 radical (unpaired) electrons. The Morgan fingerprint density at radius 2 is 2.00 bits per heavy atom. The van der Waals surface area contributed by atoms with E-state index >= 15 is 0 Å². The summed E-state index contributed by atoms with van der Waals surface area (Å²) < 4.78 is 0. The fourth-order valence-corrected chi connectivity index (χ4v) is 3.71. The summed E-state index contributed by atoms with van der Waals surface area (Å²) in [6, 6.07) is 0.668. The molecular weight excluding hydrogens is 262 g/mol. The fourth-order valence-electron chi connectivity index (χ4n) is 3.71. The van der Waals surface area contributed by atoms with Crippen LogP contribution in [-0.2, 0) is 4.79 Å². The third kappa shape index (κ3) is 3.78. The SMILES string of the molecule is CCCC1NC(C(C)C)N(CC2CCN(C(C)C)C2)C1=O. The first-order chi connectivity index (χ1) is 9.93. The summed E-state index contributed by atoms with van der Waals surface area (Å²) in [5, 5.41) is 3.56. The van der Waals surface area contributed by atoms with Crippen molar-refractivity contribution in [1.82, 2.24) is 15.1 Å². The summed E-state index contributed by atoms with van der Waals surface area (Å²) in [6.07, 6.45) is 3.47. The van der Waals surface area contributed by atoms with Crippen molar-refractivity contribution in [3.63, 3.8) is 0 Å². The zero-order chi connectivity index (χ0) is 15.6. The number of rotatable bonds is 6. The molecule has 0 aromatic heterocycles. The zero-order valence-corrected chi connectivity index (χ0v) is 14.4. The van der Waals surface area contributed by atoms with Crippen LogP contribution in [0, 0.1) is 11.8 Å². The van der Waals surface area contributed by atoms with Gasteiger partial charge in [0.05, 0.1) is 12.2 Å². The number of likely N-dealkylation sites (tertiary alicyclic amines) is 1. The Kier molecular flexibility index (Phi) is 5.67. The third-order valence-corrected chi connectivity index (χ3v) is 5.00. The number of hydrogen-bond donors (Lipinski definition) is 1. The van der Waals surface area contributed by atoms with Crippen LogP contribution in [-0.4, -0.2) is 53.6 Å². The highest BCUT2D eigenvalue weighted by Crippen LogP contribution is 2.25. The molecule has 2 fully saturated rings. The van der Waals surface area contributed by atoms with E-state index in [0.29, 0.717) is 23.8 Å². The zero-order valence-electron chi connectivity index (χ0n) is 14.4. The Morgan fingerprint density at radius 1 is 1.29 bits per heavy atom. The number of hydrogen-bond acceptors (Lipinski definition) is 3. The third-order valence-electron chi connectivity index (χ3n) is 5.00. The van der Waals surface area contributed by atoms with Crippen molar-refractivity contribution in [2.45, 2.75) is 72.1 Å². The van der Waals surface area contributed by atoms with E-state index in [1.807, 2.05) is 0 Å². The van der Waals surface area contributed by atoms with E-state index in [-0.39, 0.29) is 12.2 Å². The van der Waals surface area contributed by atoms with Crippen LogP contribution >= 0.6 is 0 Å². The van der Waals surface area contributed by atoms with Gasteiger partial charge in [-0.2, -0.15) is 0 Å². The minimum Gasteiger partial charge on any atom is -0.325 e. The van der Waals surface area contributed by atoms with Gasteiger partial charge in [-0.25, -0.2) is 0 Å². The lowest BCUT2D eigenvalue weighted by atomic mass is 10.1. The average Bonchev–Trinajstić information content (AvgIpc) is 2.99. The smallest absolute Gasteiger partial charge is 0.241 e. The number of carbonyl (C=O) groups is 1. The molecule has 122 valence electrons. The molecule has 4 heteroatoms. The van der Waals surface area contributed by atoms with Crippen molar-refractivity contribution in [2.75, 3.05) is 19.6 Å². The summed E-state index contributed by atoms with van der Waals surface area (Å²) in [5.41, 5.74) is 0. The fraction of sp³-hybridized carbons (Fsp3) is 0.941. The number of nitrogens with zero attached hydrogens (tertiary/aromatic N) is 2. The Balaban J connectivity index is 1.98. The minimum atomic E-state index is 0.0463. The second kappa shape index (κ2) is 7.10. The topological polar surface area (TPSA) is 35.6 Å². The predicted octanol–water partition coefficient (Wildman–Crippen LogP) is 2.30. The van der Waals surface area contributed by atoms with Crippen LogP contribution in [0.4, 0.5) is 0 Å². The molecule has 3 unspecified atom stereocenters. The lowest BCUT2D eigenvalue weighted by Gasteiger charge is -2.30. The largest absolute Gasteiger partial charge is 0.325 e. The molecule has 0 bridgehead atoms. The van der Waals surface area contributed by atoms with Crippen molar-refractivity contribution in [1.29, 1.82) is 0 Å². The molecule has 1 amide bonds. The molecule has 0 saturated carbocycles. The van der Waals surface area contributed by atoms with Gasteiger partial charge in [0.25, 0.3) is 0 Å². The normalized spacial score (nSPS) is 31.1. The van der Waals surface area contributed by atoms with E-state index in [0.717, 1.165) is 25.9 Å². The van der Waals surface area contributed by atoms with Crippen LogP contribution < -0.4 is 5.32 Å². The molecule has 2 aliphatic heterocycles. The number of amides is 1. The van der Waals surface area contributed by atoms with E-state index in [9.17, 15) is 4.79 Å². The second-order valence-corrected chi connectivity index (χ2v) is 7.43. The molecule has 0 aliphatic carbocycles. The maximum Gasteiger partial charge on any atom is 0.241 e. The summed E-state index contributed by atoms with van der Waals surface area (Å²) in [7, 11) is 0. The van der Waals surface area contributed by atoms with Crippen LogP contribution in [0.15, 0.2) is 0 Å². The number of carbonyl (C=O) groups excluding carboxylic acids is 1. The highest BCUT2D eigenvalue weighted by Gasteiger charge is 2.41. The molecule has 2 rings (SSSR count). The van der Waals surface area contributed by atoms with Gasteiger partial charge in [-0.05, 0) is 45.1 Å². The summed E-state index contributed by atoms with van der Waals surface area (Å²) >= 11 is 0. The molecule has 0 aromatic rings. The lowest BCUT2D eigenvalue weighted by molar-refractivity contribution is -0.131. The van der Waals surface area contributed by atoms with Gasteiger partial charge in [-0.3, -0.25) is 10.1 Å². The molecule has 2 aliphatic rings. The van der Waals surface area contributed by atoms with Gasteiger partial charge in [0, 0.05) is 19.1 Å². The van der Waals surface area contributed by atoms with Crippen LogP contribution in [0.3, 0.4) is 0 Å². The monoisotopic (exact) mass is 295 g/mol. The summed E-state index contributed by atoms with van der Waals surface area (Å²) in [4.78, 5) is 17.3. The Hall–Kier alpha value is -0.610. The maximum absolute atomic E-state index is 12.7. The summed E-state index contributed by atoms with van der Waals surface area (Å²) in [6.45, 7) is 14.4. The van der Waals surface area contributed by atoms with Crippen LogP contribution in [0.25, 0.3) is 0 Å². The highest BCUT2D eigenvalue weighted by molar-refractivity contribution is 5.84. The molecule has 0 aromatic carbocycles. The number of nitrogens with one attached hydrogen (secondary N) is 1. The average molecular weight is 295 g/mol. The lowest BCUT2D eigenvalue weighted by Crippen LogP contribution is -2.44. The van der Waals surface area contributed by atoms with E-state index in [1.54, 1.807) is 0 Å². The molecule has 21 heavy (non-hydrogen) atoms. The van der Waals surface area contributed by atoms with Crippen molar-refractivity contribution in [3.05, 3.63) is 0 Å². The van der Waals surface area contributed by atoms with Gasteiger partial charge >= 0.3 is 0 Å². The van der Waals surface area contributed by atoms with Crippen LogP contribution in [0.1, 0.15) is 53.9 Å².